The molecule has 7 nitrogen and oxygen atoms in total. The van der Waals surface area contributed by atoms with E-state index in [2.05, 4.69) is 0 Å². The van der Waals surface area contributed by atoms with Crippen LogP contribution in [0.25, 0.3) is 0 Å². The van der Waals surface area contributed by atoms with Gasteiger partial charge in [0.25, 0.3) is 10.1 Å². The normalized spacial score (nSPS) is 12.6. The lowest BCUT2D eigenvalue weighted by atomic mass is 10.2. The minimum Gasteiger partial charge on any atom is -0.282 e. The van der Waals surface area contributed by atoms with Crippen LogP contribution in [0, 0.1) is 0 Å². The van der Waals surface area contributed by atoms with E-state index in [9.17, 15) is 21.9 Å². The molecule has 0 heterocycles. The summed E-state index contributed by atoms with van der Waals surface area (Å²) >= 11 is 0. The third kappa shape index (κ3) is 3.48. The van der Waals surface area contributed by atoms with Gasteiger partial charge in [-0.05, 0) is 17.7 Å². The lowest BCUT2D eigenvalue weighted by Crippen LogP contribution is -2.14. The minimum atomic E-state index is -4.60. The van der Waals surface area contributed by atoms with E-state index in [1.807, 2.05) is 0 Å². The first-order valence-corrected chi connectivity index (χ1v) is 7.36. The summed E-state index contributed by atoms with van der Waals surface area (Å²) in [5.41, 5.74) is 0.0508. The molecule has 95 valence electrons. The van der Waals surface area contributed by atoms with E-state index < -0.39 is 36.5 Å². The van der Waals surface area contributed by atoms with Crippen LogP contribution >= 0.6 is 0 Å². The molecule has 0 aromatic heterocycles. The highest BCUT2D eigenvalue weighted by atomic mass is 32.2. The highest BCUT2D eigenvalue weighted by molar-refractivity contribution is 7.89. The van der Waals surface area contributed by atoms with Crippen molar-refractivity contribution in [2.24, 2.45) is 5.14 Å². The van der Waals surface area contributed by atoms with Gasteiger partial charge in [0.15, 0.2) is 0 Å². The lowest BCUT2D eigenvalue weighted by molar-refractivity contribution is 0.196. The van der Waals surface area contributed by atoms with Crippen LogP contribution in [0.1, 0.15) is 5.56 Å². The average Bonchev–Trinajstić information content (AvgIpc) is 2.15. The van der Waals surface area contributed by atoms with E-state index in [4.69, 9.17) is 9.69 Å². The Bertz CT molecular complexity index is 619. The van der Waals surface area contributed by atoms with E-state index in [1.54, 1.807) is 0 Å². The second-order valence-electron chi connectivity index (χ2n) is 3.24. The number of nitrogens with two attached hydrogens (primary N) is 1. The molecule has 0 saturated carbocycles. The van der Waals surface area contributed by atoms with Crippen LogP contribution in [0.2, 0.25) is 0 Å². The maximum atomic E-state index is 11.0. The van der Waals surface area contributed by atoms with Gasteiger partial charge in [0.05, 0.1) is 16.4 Å². The molecule has 9 heteroatoms. The number of primary sulfonamides is 1. The zero-order valence-electron chi connectivity index (χ0n) is 8.53. The van der Waals surface area contributed by atoms with Gasteiger partial charge in [-0.1, -0.05) is 6.07 Å². The van der Waals surface area contributed by atoms with Crippen LogP contribution in [0.4, 0.5) is 0 Å². The maximum absolute atomic E-state index is 11.0. The largest absolute Gasteiger partial charge is 0.294 e. The Morgan fingerprint density at radius 3 is 2.18 bits per heavy atom. The Morgan fingerprint density at radius 2 is 1.76 bits per heavy atom. The van der Waals surface area contributed by atoms with Crippen molar-refractivity contribution in [3.63, 3.8) is 0 Å². The molecule has 1 aromatic carbocycles. The van der Waals surface area contributed by atoms with Gasteiger partial charge in [0.1, 0.15) is 0 Å². The molecule has 0 unspecified atom stereocenters. The fourth-order valence-electron chi connectivity index (χ4n) is 1.27. The Morgan fingerprint density at radius 1 is 1.18 bits per heavy atom. The number of hydrogen-bond donors (Lipinski definition) is 2. The summed E-state index contributed by atoms with van der Waals surface area (Å²) in [5, 5.41) is 15.3. The Balaban J connectivity index is 3.51. The van der Waals surface area contributed by atoms with Crippen LogP contribution in [0.3, 0.4) is 0 Å². The quantitative estimate of drug-likeness (QED) is 0.720. The SMILES string of the molecule is NS(=O)(=O)c1ccc(CC[O])c(S(=O)(=O)O)c1. The monoisotopic (exact) mass is 280 g/mol. The molecule has 0 fully saturated rings. The predicted molar refractivity (Wildman–Crippen MR) is 56.9 cm³/mol. The first kappa shape index (κ1) is 14.1. The summed E-state index contributed by atoms with van der Waals surface area (Å²) in [6, 6.07) is 2.95. The molecule has 0 amide bonds. The molecule has 3 N–H and O–H groups in total. The van der Waals surface area contributed by atoms with Gasteiger partial charge in [-0.2, -0.15) is 8.42 Å². The molecule has 0 aliphatic heterocycles. The Kier molecular flexibility index (Phi) is 3.89. The molecule has 0 aliphatic carbocycles. The van der Waals surface area contributed by atoms with E-state index in [0.29, 0.717) is 0 Å². The third-order valence-corrected chi connectivity index (χ3v) is 3.86. The summed E-state index contributed by atoms with van der Waals surface area (Å²) in [4.78, 5) is -1.06. The standard InChI is InChI=1S/C8H10NO6S2/c9-16(11,12)7-2-1-6(3-4-10)8(5-7)17(13,14)15/h1-2,5H,3-4H2,(H2,9,11,12)(H,13,14,15). The second kappa shape index (κ2) is 4.70. The number of benzene rings is 1. The van der Waals surface area contributed by atoms with Crippen molar-refractivity contribution in [2.45, 2.75) is 16.2 Å². The number of sulfonamides is 1. The smallest absolute Gasteiger partial charge is 0.282 e. The minimum absolute atomic E-state index is 0.0508. The van der Waals surface area contributed by atoms with Gasteiger partial charge in [-0.3, -0.25) is 4.55 Å². The van der Waals surface area contributed by atoms with Crippen LogP contribution < -0.4 is 5.14 Å². The van der Waals surface area contributed by atoms with Crippen molar-refractivity contribution in [2.75, 3.05) is 6.61 Å². The second-order valence-corrected chi connectivity index (χ2v) is 6.20. The first-order chi connectivity index (χ1) is 7.66. The van der Waals surface area contributed by atoms with E-state index >= 15 is 0 Å². The van der Waals surface area contributed by atoms with Crippen LogP contribution in [-0.2, 0) is 31.7 Å². The average molecular weight is 280 g/mol. The highest BCUT2D eigenvalue weighted by Crippen LogP contribution is 2.20. The summed E-state index contributed by atoms with van der Waals surface area (Å²) in [7, 11) is -8.67. The van der Waals surface area contributed by atoms with Gasteiger partial charge in [0.2, 0.25) is 10.0 Å². The van der Waals surface area contributed by atoms with Crippen molar-refractivity contribution < 1.29 is 26.5 Å². The Labute approximate surface area is 98.7 Å². The van der Waals surface area contributed by atoms with Crippen molar-refractivity contribution in [1.82, 2.24) is 0 Å². The molecular weight excluding hydrogens is 270 g/mol. The zero-order valence-corrected chi connectivity index (χ0v) is 10.2. The molecule has 0 aliphatic rings. The van der Waals surface area contributed by atoms with Crippen molar-refractivity contribution in [3.8, 4) is 0 Å². The van der Waals surface area contributed by atoms with Crippen molar-refractivity contribution in [1.29, 1.82) is 0 Å². The molecular formula is C8H10NO6S2. The van der Waals surface area contributed by atoms with Crippen molar-refractivity contribution >= 4 is 20.1 Å². The molecule has 1 radical (unpaired) electrons. The zero-order chi connectivity index (χ0) is 13.3. The molecule has 17 heavy (non-hydrogen) atoms. The lowest BCUT2D eigenvalue weighted by Gasteiger charge is -2.07. The van der Waals surface area contributed by atoms with Crippen LogP contribution in [-0.4, -0.2) is 28.0 Å². The van der Waals surface area contributed by atoms with Crippen molar-refractivity contribution in [3.05, 3.63) is 23.8 Å². The fourth-order valence-corrected chi connectivity index (χ4v) is 2.66. The third-order valence-electron chi connectivity index (χ3n) is 2.02. The van der Waals surface area contributed by atoms with E-state index in [0.717, 1.165) is 18.2 Å². The first-order valence-electron chi connectivity index (χ1n) is 4.37. The summed E-state index contributed by atoms with van der Waals surface area (Å²) < 4.78 is 53.0. The highest BCUT2D eigenvalue weighted by Gasteiger charge is 2.19. The molecule has 0 atom stereocenters. The maximum Gasteiger partial charge on any atom is 0.294 e. The molecule has 0 spiro atoms. The molecule has 1 rings (SSSR count). The van der Waals surface area contributed by atoms with Gasteiger partial charge in [-0.25, -0.2) is 18.7 Å². The fraction of sp³-hybridized carbons (Fsp3) is 0.250. The molecule has 0 saturated heterocycles. The van der Waals surface area contributed by atoms with Crippen LogP contribution in [0.5, 0.6) is 0 Å². The molecule has 0 bridgehead atoms. The number of rotatable bonds is 4. The van der Waals surface area contributed by atoms with Gasteiger partial charge in [0, 0.05) is 6.42 Å². The summed E-state index contributed by atoms with van der Waals surface area (Å²) in [5.74, 6) is 0. The summed E-state index contributed by atoms with van der Waals surface area (Å²) in [6.45, 7) is -0.586. The Hall–Kier alpha value is -1.00. The van der Waals surface area contributed by atoms with Gasteiger partial charge < -0.3 is 0 Å². The summed E-state index contributed by atoms with van der Waals surface area (Å²) in [6.07, 6.45) is -0.139. The van der Waals surface area contributed by atoms with Crippen LogP contribution in [0.15, 0.2) is 28.0 Å². The topological polar surface area (TPSA) is 134 Å². The van der Waals surface area contributed by atoms with Gasteiger partial charge >= 0.3 is 0 Å². The van der Waals surface area contributed by atoms with E-state index in [1.165, 1.54) is 0 Å². The molecule has 1 aromatic rings. The van der Waals surface area contributed by atoms with E-state index in [-0.39, 0.29) is 12.0 Å². The predicted octanol–water partition coefficient (Wildman–Crippen LogP) is -0.446. The van der Waals surface area contributed by atoms with Gasteiger partial charge in [-0.15, -0.1) is 0 Å². The number of hydrogen-bond acceptors (Lipinski definition) is 4.